The van der Waals surface area contributed by atoms with Crippen LogP contribution in [0, 0.1) is 10.1 Å². The van der Waals surface area contributed by atoms with Gasteiger partial charge in [0.15, 0.2) is 5.82 Å². The SMILES string of the molecule is C[C@H](c1ccccc1)n1nnc(-c2ccccc2)c1Nc1ccc([N+](=O)[O-])cc1. The van der Waals surface area contributed by atoms with E-state index in [-0.39, 0.29) is 11.7 Å². The molecule has 0 saturated heterocycles. The summed E-state index contributed by atoms with van der Waals surface area (Å²) < 4.78 is 1.83. The van der Waals surface area contributed by atoms with Gasteiger partial charge in [0.1, 0.15) is 5.69 Å². The molecule has 0 fully saturated rings. The average Bonchev–Trinajstić information content (AvgIpc) is 3.18. The molecule has 0 spiro atoms. The Kier molecular flexibility index (Phi) is 5.03. The first-order valence-corrected chi connectivity index (χ1v) is 9.20. The van der Waals surface area contributed by atoms with E-state index in [0.717, 1.165) is 22.6 Å². The number of nitrogens with one attached hydrogen (secondary N) is 1. The lowest BCUT2D eigenvalue weighted by Gasteiger charge is -2.17. The van der Waals surface area contributed by atoms with Gasteiger partial charge in [-0.15, -0.1) is 5.10 Å². The van der Waals surface area contributed by atoms with Crippen LogP contribution in [0.25, 0.3) is 11.3 Å². The van der Waals surface area contributed by atoms with Gasteiger partial charge in [-0.25, -0.2) is 4.68 Å². The monoisotopic (exact) mass is 385 g/mol. The standard InChI is InChI=1S/C22H19N5O2/c1-16(17-8-4-2-5-9-17)26-22(21(24-25-26)18-10-6-3-7-11-18)23-19-12-14-20(15-13-19)27(28)29/h2-16,23H,1H3/t16-/m1/s1. The summed E-state index contributed by atoms with van der Waals surface area (Å²) in [6.07, 6.45) is 0. The Morgan fingerprint density at radius 1 is 0.931 bits per heavy atom. The van der Waals surface area contributed by atoms with Gasteiger partial charge < -0.3 is 5.32 Å². The molecule has 1 N–H and O–H groups in total. The molecule has 3 aromatic carbocycles. The summed E-state index contributed by atoms with van der Waals surface area (Å²) in [5.41, 5.74) is 3.51. The van der Waals surface area contributed by atoms with Crippen LogP contribution in [-0.2, 0) is 0 Å². The van der Waals surface area contributed by atoms with Crippen LogP contribution in [0.3, 0.4) is 0 Å². The molecule has 0 saturated carbocycles. The zero-order chi connectivity index (χ0) is 20.2. The molecule has 7 nitrogen and oxygen atoms in total. The van der Waals surface area contributed by atoms with Crippen molar-refractivity contribution in [1.29, 1.82) is 0 Å². The van der Waals surface area contributed by atoms with E-state index in [2.05, 4.69) is 22.6 Å². The maximum Gasteiger partial charge on any atom is 0.269 e. The zero-order valence-corrected chi connectivity index (χ0v) is 15.8. The molecule has 0 aliphatic heterocycles. The van der Waals surface area contributed by atoms with Gasteiger partial charge in [0.05, 0.1) is 11.0 Å². The maximum absolute atomic E-state index is 10.9. The maximum atomic E-state index is 10.9. The van der Waals surface area contributed by atoms with E-state index in [1.165, 1.54) is 12.1 Å². The third-order valence-corrected chi connectivity index (χ3v) is 4.73. The molecular weight excluding hydrogens is 366 g/mol. The van der Waals surface area contributed by atoms with Gasteiger partial charge >= 0.3 is 0 Å². The first kappa shape index (κ1) is 18.4. The predicted octanol–water partition coefficient (Wildman–Crippen LogP) is 5.21. The van der Waals surface area contributed by atoms with Crippen LogP contribution in [0.1, 0.15) is 18.5 Å². The van der Waals surface area contributed by atoms with E-state index < -0.39 is 4.92 Å². The fourth-order valence-electron chi connectivity index (χ4n) is 3.15. The first-order valence-electron chi connectivity index (χ1n) is 9.20. The number of nitro groups is 1. The molecule has 0 aliphatic carbocycles. The van der Waals surface area contributed by atoms with Gasteiger partial charge in [-0.05, 0) is 24.6 Å². The minimum absolute atomic E-state index is 0.0446. The van der Waals surface area contributed by atoms with Crippen LogP contribution in [0.5, 0.6) is 0 Å². The van der Waals surface area contributed by atoms with Gasteiger partial charge in [-0.2, -0.15) is 0 Å². The molecule has 1 heterocycles. The minimum Gasteiger partial charge on any atom is -0.339 e. The van der Waals surface area contributed by atoms with Crippen LogP contribution >= 0.6 is 0 Å². The van der Waals surface area contributed by atoms with E-state index in [0.29, 0.717) is 5.69 Å². The lowest BCUT2D eigenvalue weighted by atomic mass is 10.1. The Hall–Kier alpha value is -4.00. The summed E-state index contributed by atoms with van der Waals surface area (Å²) in [5, 5.41) is 23.1. The fraction of sp³-hybridized carbons (Fsp3) is 0.0909. The van der Waals surface area contributed by atoms with E-state index in [4.69, 9.17) is 0 Å². The second-order valence-corrected chi connectivity index (χ2v) is 6.61. The van der Waals surface area contributed by atoms with E-state index in [1.54, 1.807) is 12.1 Å². The summed E-state index contributed by atoms with van der Waals surface area (Å²) in [7, 11) is 0. The summed E-state index contributed by atoms with van der Waals surface area (Å²) in [6, 6.07) is 26.1. The lowest BCUT2D eigenvalue weighted by Crippen LogP contribution is -2.12. The number of rotatable bonds is 6. The topological polar surface area (TPSA) is 85.9 Å². The highest BCUT2D eigenvalue weighted by molar-refractivity contribution is 5.75. The molecule has 7 heteroatoms. The molecule has 0 aliphatic rings. The average molecular weight is 385 g/mol. The van der Waals surface area contributed by atoms with Crippen LogP contribution in [0.15, 0.2) is 84.9 Å². The van der Waals surface area contributed by atoms with Crippen LogP contribution < -0.4 is 5.32 Å². The molecule has 0 bridgehead atoms. The molecule has 0 radical (unpaired) electrons. The first-order chi connectivity index (χ1) is 14.1. The molecule has 0 unspecified atom stereocenters. The third kappa shape index (κ3) is 3.84. The van der Waals surface area contributed by atoms with Crippen molar-refractivity contribution >= 4 is 17.2 Å². The lowest BCUT2D eigenvalue weighted by molar-refractivity contribution is -0.384. The van der Waals surface area contributed by atoms with Gasteiger partial charge in [-0.1, -0.05) is 65.9 Å². The Labute approximate surface area is 167 Å². The van der Waals surface area contributed by atoms with Gasteiger partial charge in [0.2, 0.25) is 0 Å². The molecule has 0 amide bonds. The Morgan fingerprint density at radius 2 is 1.55 bits per heavy atom. The number of nitrogens with zero attached hydrogens (tertiary/aromatic N) is 4. The number of nitro benzene ring substituents is 1. The van der Waals surface area contributed by atoms with Crippen molar-refractivity contribution in [2.45, 2.75) is 13.0 Å². The summed E-state index contributed by atoms with van der Waals surface area (Å²) >= 11 is 0. The Balaban J connectivity index is 1.76. The molecule has 29 heavy (non-hydrogen) atoms. The zero-order valence-electron chi connectivity index (χ0n) is 15.8. The van der Waals surface area contributed by atoms with Crippen molar-refractivity contribution in [3.8, 4) is 11.3 Å². The highest BCUT2D eigenvalue weighted by atomic mass is 16.6. The number of anilines is 2. The number of hydrogen-bond acceptors (Lipinski definition) is 5. The second-order valence-electron chi connectivity index (χ2n) is 6.61. The molecule has 1 atom stereocenters. The number of aromatic nitrogens is 3. The van der Waals surface area contributed by atoms with Crippen LogP contribution in [0.2, 0.25) is 0 Å². The molecule has 144 valence electrons. The fourth-order valence-corrected chi connectivity index (χ4v) is 3.15. The molecule has 1 aromatic heterocycles. The molecular formula is C22H19N5O2. The van der Waals surface area contributed by atoms with Gasteiger partial charge in [0, 0.05) is 23.4 Å². The van der Waals surface area contributed by atoms with Crippen molar-refractivity contribution in [1.82, 2.24) is 15.0 Å². The highest BCUT2D eigenvalue weighted by Crippen LogP contribution is 2.32. The van der Waals surface area contributed by atoms with Crippen LogP contribution in [-0.4, -0.2) is 19.9 Å². The van der Waals surface area contributed by atoms with Crippen molar-refractivity contribution in [3.05, 3.63) is 101 Å². The second kappa shape index (κ2) is 7.93. The van der Waals surface area contributed by atoms with Crippen molar-refractivity contribution in [2.75, 3.05) is 5.32 Å². The Morgan fingerprint density at radius 3 is 2.17 bits per heavy atom. The smallest absolute Gasteiger partial charge is 0.269 e. The van der Waals surface area contributed by atoms with Crippen molar-refractivity contribution in [2.24, 2.45) is 0 Å². The number of hydrogen-bond donors (Lipinski definition) is 1. The van der Waals surface area contributed by atoms with Crippen LogP contribution in [0.4, 0.5) is 17.2 Å². The quantitative estimate of drug-likeness (QED) is 0.364. The highest BCUT2D eigenvalue weighted by Gasteiger charge is 2.20. The molecule has 4 rings (SSSR count). The van der Waals surface area contributed by atoms with E-state index in [1.807, 2.05) is 65.3 Å². The molecule has 4 aromatic rings. The summed E-state index contributed by atoms with van der Waals surface area (Å²) in [4.78, 5) is 10.5. The number of non-ortho nitro benzene ring substituents is 1. The van der Waals surface area contributed by atoms with Crippen molar-refractivity contribution < 1.29 is 4.92 Å². The van der Waals surface area contributed by atoms with Gasteiger partial charge in [0.25, 0.3) is 5.69 Å². The van der Waals surface area contributed by atoms with Gasteiger partial charge in [-0.3, -0.25) is 10.1 Å². The van der Waals surface area contributed by atoms with Crippen molar-refractivity contribution in [3.63, 3.8) is 0 Å². The summed E-state index contributed by atoms with van der Waals surface area (Å²) in [5.74, 6) is 0.724. The summed E-state index contributed by atoms with van der Waals surface area (Å²) in [6.45, 7) is 2.06. The third-order valence-electron chi connectivity index (χ3n) is 4.73. The van der Waals surface area contributed by atoms with E-state index in [9.17, 15) is 10.1 Å². The largest absolute Gasteiger partial charge is 0.339 e. The van der Waals surface area contributed by atoms with E-state index >= 15 is 0 Å². The number of benzene rings is 3. The normalized spacial score (nSPS) is 11.8. The Bertz CT molecular complexity index is 1110. The minimum atomic E-state index is -0.414. The predicted molar refractivity (Wildman–Crippen MR) is 112 cm³/mol.